The van der Waals surface area contributed by atoms with Crippen LogP contribution in [0.1, 0.15) is 18.1 Å². The molecule has 100 valence electrons. The fourth-order valence-corrected chi connectivity index (χ4v) is 2.16. The molecule has 0 aliphatic carbocycles. The lowest BCUT2D eigenvalue weighted by Gasteiger charge is -2.13. The van der Waals surface area contributed by atoms with Gasteiger partial charge in [0.25, 0.3) is 0 Å². The smallest absolute Gasteiger partial charge is 0.224 e. The molecule has 0 unspecified atom stereocenters. The van der Waals surface area contributed by atoms with E-state index >= 15 is 0 Å². The van der Waals surface area contributed by atoms with Gasteiger partial charge in [0.1, 0.15) is 0 Å². The summed E-state index contributed by atoms with van der Waals surface area (Å²) in [5.74, 6) is -0.0240. The van der Waals surface area contributed by atoms with Gasteiger partial charge in [0.15, 0.2) is 0 Å². The van der Waals surface area contributed by atoms with Gasteiger partial charge >= 0.3 is 0 Å². The van der Waals surface area contributed by atoms with Crippen LogP contribution in [0, 0.1) is 0 Å². The Morgan fingerprint density at radius 1 is 1.37 bits per heavy atom. The average molecular weight is 278 g/mol. The minimum atomic E-state index is -0.0240. The van der Waals surface area contributed by atoms with E-state index in [2.05, 4.69) is 5.32 Å². The molecular weight excluding hydrogens is 262 g/mol. The van der Waals surface area contributed by atoms with E-state index in [1.807, 2.05) is 31.2 Å². The highest BCUT2D eigenvalue weighted by atomic mass is 35.5. The maximum Gasteiger partial charge on any atom is 0.224 e. The third-order valence-corrected chi connectivity index (χ3v) is 3.21. The Kier molecular flexibility index (Phi) is 4.63. The number of carbonyl (C=O) groups is 1. The van der Waals surface area contributed by atoms with Crippen molar-refractivity contribution in [2.24, 2.45) is 0 Å². The molecule has 1 atom stereocenters. The van der Waals surface area contributed by atoms with Crippen molar-refractivity contribution in [3.8, 4) is 0 Å². The second-order valence-electron chi connectivity index (χ2n) is 4.57. The van der Waals surface area contributed by atoms with Gasteiger partial charge in [-0.2, -0.15) is 0 Å². The summed E-state index contributed by atoms with van der Waals surface area (Å²) < 4.78 is 5.00. The highest BCUT2D eigenvalue weighted by Crippen LogP contribution is 2.15. The van der Waals surface area contributed by atoms with Gasteiger partial charge in [0.2, 0.25) is 5.91 Å². The summed E-state index contributed by atoms with van der Waals surface area (Å²) in [5, 5.41) is 3.58. The molecule has 4 heteroatoms. The van der Waals surface area contributed by atoms with Gasteiger partial charge in [-0.1, -0.05) is 29.8 Å². The van der Waals surface area contributed by atoms with Crippen LogP contribution in [0.15, 0.2) is 47.3 Å². The first-order chi connectivity index (χ1) is 9.15. The SMILES string of the molecule is C[C@@H](Cc1ccoc1)NC(=O)Cc1ccccc1Cl. The topological polar surface area (TPSA) is 42.2 Å². The third kappa shape index (κ3) is 4.14. The number of carbonyl (C=O) groups excluding carboxylic acids is 1. The Morgan fingerprint density at radius 2 is 2.16 bits per heavy atom. The van der Waals surface area contributed by atoms with Crippen molar-refractivity contribution in [3.63, 3.8) is 0 Å². The van der Waals surface area contributed by atoms with Crippen LogP contribution in [0.5, 0.6) is 0 Å². The van der Waals surface area contributed by atoms with E-state index in [4.69, 9.17) is 16.0 Å². The summed E-state index contributed by atoms with van der Waals surface area (Å²) in [6, 6.07) is 9.35. The van der Waals surface area contributed by atoms with E-state index in [-0.39, 0.29) is 11.9 Å². The fraction of sp³-hybridized carbons (Fsp3) is 0.267. The van der Waals surface area contributed by atoms with Crippen molar-refractivity contribution in [3.05, 3.63) is 59.0 Å². The number of halogens is 1. The molecule has 0 aliphatic heterocycles. The normalized spacial score (nSPS) is 12.1. The second-order valence-corrected chi connectivity index (χ2v) is 4.98. The number of nitrogens with one attached hydrogen (secondary N) is 1. The summed E-state index contributed by atoms with van der Waals surface area (Å²) in [6.45, 7) is 1.97. The molecule has 0 aliphatic rings. The van der Waals surface area contributed by atoms with Crippen molar-refractivity contribution in [1.29, 1.82) is 0 Å². The molecule has 3 nitrogen and oxygen atoms in total. The number of benzene rings is 1. The van der Waals surface area contributed by atoms with Crippen molar-refractivity contribution < 1.29 is 9.21 Å². The standard InChI is InChI=1S/C15H16ClNO2/c1-11(8-12-6-7-19-10-12)17-15(18)9-13-4-2-3-5-14(13)16/h2-7,10-11H,8-9H2,1H3,(H,17,18)/t11-/m0/s1. The van der Waals surface area contributed by atoms with E-state index in [0.717, 1.165) is 17.5 Å². The van der Waals surface area contributed by atoms with Crippen LogP contribution in [0.2, 0.25) is 5.02 Å². The second kappa shape index (κ2) is 6.43. The van der Waals surface area contributed by atoms with Crippen molar-refractivity contribution in [2.45, 2.75) is 25.8 Å². The summed E-state index contributed by atoms with van der Waals surface area (Å²) in [6.07, 6.45) is 4.38. The molecule has 0 spiro atoms. The van der Waals surface area contributed by atoms with E-state index < -0.39 is 0 Å². The zero-order chi connectivity index (χ0) is 13.7. The lowest BCUT2D eigenvalue weighted by Crippen LogP contribution is -2.35. The molecule has 0 saturated carbocycles. The summed E-state index contributed by atoms with van der Waals surface area (Å²) in [4.78, 5) is 11.9. The van der Waals surface area contributed by atoms with E-state index in [1.165, 1.54) is 0 Å². The first-order valence-corrected chi connectivity index (χ1v) is 6.57. The van der Waals surface area contributed by atoms with E-state index in [9.17, 15) is 4.79 Å². The van der Waals surface area contributed by atoms with Gasteiger partial charge < -0.3 is 9.73 Å². The molecule has 0 saturated heterocycles. The number of amides is 1. The van der Waals surface area contributed by atoms with Gasteiger partial charge in [-0.15, -0.1) is 0 Å². The molecule has 1 heterocycles. The number of hydrogen-bond acceptors (Lipinski definition) is 2. The minimum Gasteiger partial charge on any atom is -0.472 e. The van der Waals surface area contributed by atoms with Crippen LogP contribution in [0.3, 0.4) is 0 Å². The third-order valence-electron chi connectivity index (χ3n) is 2.84. The molecule has 0 bridgehead atoms. The van der Waals surface area contributed by atoms with Crippen LogP contribution in [-0.4, -0.2) is 11.9 Å². The molecule has 0 radical (unpaired) electrons. The predicted molar refractivity (Wildman–Crippen MR) is 75.2 cm³/mol. The van der Waals surface area contributed by atoms with Crippen LogP contribution in [0.4, 0.5) is 0 Å². The maximum atomic E-state index is 11.9. The Balaban J connectivity index is 1.86. The lowest BCUT2D eigenvalue weighted by molar-refractivity contribution is -0.121. The van der Waals surface area contributed by atoms with Gasteiger partial charge in [0.05, 0.1) is 18.9 Å². The van der Waals surface area contributed by atoms with E-state index in [0.29, 0.717) is 11.4 Å². The molecule has 1 N–H and O–H groups in total. The maximum absolute atomic E-state index is 11.9. The number of furan rings is 1. The largest absolute Gasteiger partial charge is 0.472 e. The van der Waals surface area contributed by atoms with Crippen LogP contribution in [-0.2, 0) is 17.6 Å². The average Bonchev–Trinajstić information content (AvgIpc) is 2.84. The zero-order valence-electron chi connectivity index (χ0n) is 10.7. The molecule has 1 amide bonds. The molecular formula is C15H16ClNO2. The first kappa shape index (κ1) is 13.7. The van der Waals surface area contributed by atoms with Gasteiger partial charge in [-0.05, 0) is 36.6 Å². The Labute approximate surface area is 117 Å². The molecule has 2 aromatic rings. The van der Waals surface area contributed by atoms with Crippen LogP contribution in [0.25, 0.3) is 0 Å². The Hall–Kier alpha value is -1.74. The highest BCUT2D eigenvalue weighted by molar-refractivity contribution is 6.31. The molecule has 1 aromatic heterocycles. The van der Waals surface area contributed by atoms with Crippen molar-refractivity contribution >= 4 is 17.5 Å². The van der Waals surface area contributed by atoms with Crippen molar-refractivity contribution in [2.75, 3.05) is 0 Å². The Bertz CT molecular complexity index is 537. The zero-order valence-corrected chi connectivity index (χ0v) is 11.5. The van der Waals surface area contributed by atoms with Gasteiger partial charge in [-0.25, -0.2) is 0 Å². The fourth-order valence-electron chi connectivity index (χ4n) is 1.95. The van der Waals surface area contributed by atoms with Crippen LogP contribution >= 0.6 is 11.6 Å². The molecule has 2 rings (SSSR count). The molecule has 19 heavy (non-hydrogen) atoms. The highest BCUT2D eigenvalue weighted by Gasteiger charge is 2.10. The predicted octanol–water partition coefficient (Wildman–Crippen LogP) is 3.22. The number of rotatable bonds is 5. The first-order valence-electron chi connectivity index (χ1n) is 6.19. The summed E-state index contributed by atoms with van der Waals surface area (Å²) >= 11 is 6.03. The number of hydrogen-bond donors (Lipinski definition) is 1. The quantitative estimate of drug-likeness (QED) is 0.912. The van der Waals surface area contributed by atoms with Gasteiger partial charge in [-0.3, -0.25) is 4.79 Å². The minimum absolute atomic E-state index is 0.0240. The Morgan fingerprint density at radius 3 is 2.84 bits per heavy atom. The molecule has 1 aromatic carbocycles. The molecule has 0 fully saturated rings. The summed E-state index contributed by atoms with van der Waals surface area (Å²) in [5.41, 5.74) is 1.92. The van der Waals surface area contributed by atoms with Gasteiger partial charge in [0, 0.05) is 11.1 Å². The van der Waals surface area contributed by atoms with E-state index in [1.54, 1.807) is 18.6 Å². The summed E-state index contributed by atoms with van der Waals surface area (Å²) in [7, 11) is 0. The van der Waals surface area contributed by atoms with Crippen LogP contribution < -0.4 is 5.32 Å². The van der Waals surface area contributed by atoms with Crippen molar-refractivity contribution in [1.82, 2.24) is 5.32 Å². The lowest BCUT2D eigenvalue weighted by atomic mass is 10.1. The monoisotopic (exact) mass is 277 g/mol.